The first-order valence-electron chi connectivity index (χ1n) is 3.88. The molecule has 0 atom stereocenters. The number of nitrogens with one attached hydrogen (secondary N) is 1. The predicted octanol–water partition coefficient (Wildman–Crippen LogP) is 1.89. The van der Waals surface area contributed by atoms with E-state index in [-0.39, 0.29) is 24.8 Å². The van der Waals surface area contributed by atoms with Gasteiger partial charge in [0.1, 0.15) is 0 Å². The van der Waals surface area contributed by atoms with Crippen molar-refractivity contribution < 1.29 is 14.3 Å². The topological polar surface area (TPSA) is 55.4 Å². The molecule has 4 nitrogen and oxygen atoms in total. The molecule has 14 heavy (non-hydrogen) atoms. The number of alkyl halides is 3. The van der Waals surface area contributed by atoms with E-state index in [1.807, 2.05) is 0 Å². The van der Waals surface area contributed by atoms with Crippen molar-refractivity contribution in [3.8, 4) is 0 Å². The number of hydrogen-bond acceptors (Lipinski definition) is 3. The second-order valence-electron chi connectivity index (χ2n) is 2.31. The van der Waals surface area contributed by atoms with E-state index in [1.165, 1.54) is 0 Å². The highest BCUT2D eigenvalue weighted by Gasteiger charge is 2.27. The summed E-state index contributed by atoms with van der Waals surface area (Å²) in [5.41, 5.74) is 0. The minimum atomic E-state index is -0.971. The van der Waals surface area contributed by atoms with Crippen molar-refractivity contribution in [2.45, 2.75) is 15.5 Å². The summed E-state index contributed by atoms with van der Waals surface area (Å²) < 4.78 is 3.71. The van der Waals surface area contributed by atoms with Gasteiger partial charge in [0.25, 0.3) is 5.91 Å². The molecule has 0 fully saturated rings. The first-order valence-corrected chi connectivity index (χ1v) is 6.26. The van der Waals surface area contributed by atoms with E-state index in [2.05, 4.69) is 57.8 Å². The Kier molecular flexibility index (Phi) is 6.97. The van der Waals surface area contributed by atoms with Crippen LogP contribution >= 0.6 is 47.8 Å². The van der Waals surface area contributed by atoms with Crippen LogP contribution in [0.25, 0.3) is 0 Å². The van der Waals surface area contributed by atoms with Gasteiger partial charge in [-0.25, -0.2) is 0 Å². The smallest absolute Gasteiger partial charge is 0.307 e. The monoisotopic (exact) mass is 393 g/mol. The molecule has 0 saturated heterocycles. The van der Waals surface area contributed by atoms with Gasteiger partial charge in [0.05, 0.1) is 13.0 Å². The van der Waals surface area contributed by atoms with Crippen LogP contribution < -0.4 is 5.32 Å². The Morgan fingerprint density at radius 3 is 2.36 bits per heavy atom. The van der Waals surface area contributed by atoms with Crippen LogP contribution in [0, 0.1) is 0 Å². The van der Waals surface area contributed by atoms with E-state index in [9.17, 15) is 9.59 Å². The number of carbonyl (C=O) groups is 2. The highest BCUT2D eigenvalue weighted by atomic mass is 80.0. The average Bonchev–Trinajstić information content (AvgIpc) is 2.02. The second kappa shape index (κ2) is 6.79. The molecule has 7 heteroatoms. The molecule has 1 N–H and O–H groups in total. The summed E-state index contributed by atoms with van der Waals surface area (Å²) in [5, 5.41) is 2.53. The molecule has 1 amide bonds. The lowest BCUT2D eigenvalue weighted by atomic mass is 10.4. The number of hydrogen-bond donors (Lipinski definition) is 1. The Morgan fingerprint density at radius 1 is 1.36 bits per heavy atom. The zero-order chi connectivity index (χ0) is 11.2. The fourth-order valence-corrected chi connectivity index (χ4v) is 1.03. The lowest BCUT2D eigenvalue weighted by Crippen LogP contribution is -2.35. The van der Waals surface area contributed by atoms with Gasteiger partial charge in [0.2, 0.25) is 2.14 Å². The number of esters is 1. The summed E-state index contributed by atoms with van der Waals surface area (Å²) in [6.45, 7) is 2.34. The summed E-state index contributed by atoms with van der Waals surface area (Å²) in [7, 11) is 0. The average molecular weight is 396 g/mol. The van der Waals surface area contributed by atoms with Crippen LogP contribution in [0.2, 0.25) is 0 Å². The van der Waals surface area contributed by atoms with Gasteiger partial charge >= 0.3 is 5.97 Å². The van der Waals surface area contributed by atoms with E-state index in [0.717, 1.165) is 0 Å². The molecule has 0 bridgehead atoms. The van der Waals surface area contributed by atoms with Gasteiger partial charge < -0.3 is 10.1 Å². The van der Waals surface area contributed by atoms with Crippen LogP contribution in [0.15, 0.2) is 0 Å². The minimum Gasteiger partial charge on any atom is -0.466 e. The number of amides is 1. The van der Waals surface area contributed by atoms with Crippen LogP contribution in [-0.2, 0) is 14.3 Å². The summed E-state index contributed by atoms with van der Waals surface area (Å²) in [5.74, 6) is -0.626. The van der Waals surface area contributed by atoms with Gasteiger partial charge in [-0.1, -0.05) is 0 Å². The van der Waals surface area contributed by atoms with Gasteiger partial charge in [0, 0.05) is 6.54 Å². The minimum absolute atomic E-state index is 0.169. The van der Waals surface area contributed by atoms with Gasteiger partial charge in [-0.3, -0.25) is 9.59 Å². The Hall–Kier alpha value is 0.380. The van der Waals surface area contributed by atoms with Crippen molar-refractivity contribution in [3.63, 3.8) is 0 Å². The standard InChI is InChI=1S/C7H10Br3NO3/c1-2-14-5(12)3-4-11-6(13)7(8,9)10/h2-4H2,1H3,(H,11,13). The van der Waals surface area contributed by atoms with Crippen LogP contribution in [0.5, 0.6) is 0 Å². The Morgan fingerprint density at radius 2 is 1.93 bits per heavy atom. The Labute approximate surface area is 108 Å². The first kappa shape index (κ1) is 14.4. The molecule has 0 heterocycles. The van der Waals surface area contributed by atoms with Gasteiger partial charge in [-0.05, 0) is 54.7 Å². The van der Waals surface area contributed by atoms with Crippen molar-refractivity contribution in [3.05, 3.63) is 0 Å². The first-order chi connectivity index (χ1) is 6.38. The third-order valence-corrected chi connectivity index (χ3v) is 2.26. The fourth-order valence-electron chi connectivity index (χ4n) is 0.611. The number of carbonyl (C=O) groups excluding carboxylic acids is 2. The third kappa shape index (κ3) is 6.78. The lowest BCUT2D eigenvalue weighted by molar-refractivity contribution is -0.143. The molecule has 0 aromatic heterocycles. The zero-order valence-corrected chi connectivity index (χ0v) is 12.2. The summed E-state index contributed by atoms with van der Waals surface area (Å²) in [6.07, 6.45) is 0.169. The van der Waals surface area contributed by atoms with Crippen LogP contribution in [-0.4, -0.2) is 27.2 Å². The molecule has 0 unspecified atom stereocenters. The summed E-state index contributed by atoms with van der Waals surface area (Å²) in [6, 6.07) is 0. The van der Waals surface area contributed by atoms with Crippen molar-refractivity contribution in [2.24, 2.45) is 0 Å². The van der Waals surface area contributed by atoms with E-state index in [0.29, 0.717) is 6.61 Å². The maximum atomic E-state index is 11.2. The molecule has 82 valence electrons. The molecule has 0 spiro atoms. The molecule has 0 aromatic carbocycles. The van der Waals surface area contributed by atoms with Gasteiger partial charge in [-0.15, -0.1) is 0 Å². The SMILES string of the molecule is CCOC(=O)CCNC(=O)C(Br)(Br)Br. The molecule has 0 saturated carbocycles. The summed E-state index contributed by atoms with van der Waals surface area (Å²) >= 11 is 9.14. The van der Waals surface area contributed by atoms with Gasteiger partial charge in [-0.2, -0.15) is 0 Å². The highest BCUT2D eigenvalue weighted by Crippen LogP contribution is 2.33. The number of rotatable bonds is 4. The second-order valence-corrected chi connectivity index (χ2v) is 9.07. The Balaban J connectivity index is 3.65. The largest absolute Gasteiger partial charge is 0.466 e. The molecule has 0 aromatic rings. The van der Waals surface area contributed by atoms with Crippen molar-refractivity contribution in [1.82, 2.24) is 5.32 Å². The van der Waals surface area contributed by atoms with Gasteiger partial charge in [0.15, 0.2) is 0 Å². The van der Waals surface area contributed by atoms with Crippen LogP contribution in [0.4, 0.5) is 0 Å². The molecule has 0 rings (SSSR count). The van der Waals surface area contributed by atoms with E-state index < -0.39 is 2.14 Å². The van der Waals surface area contributed by atoms with Crippen molar-refractivity contribution in [1.29, 1.82) is 0 Å². The van der Waals surface area contributed by atoms with Crippen molar-refractivity contribution in [2.75, 3.05) is 13.2 Å². The molecule has 0 aliphatic carbocycles. The maximum absolute atomic E-state index is 11.2. The zero-order valence-electron chi connectivity index (χ0n) is 7.48. The molecular formula is C7H10Br3NO3. The Bertz CT molecular complexity index is 215. The lowest BCUT2D eigenvalue weighted by Gasteiger charge is -2.11. The summed E-state index contributed by atoms with van der Waals surface area (Å²) in [4.78, 5) is 22.1. The quantitative estimate of drug-likeness (QED) is 0.584. The van der Waals surface area contributed by atoms with Crippen molar-refractivity contribution >= 4 is 59.7 Å². The molecular weight excluding hydrogens is 386 g/mol. The number of halogens is 3. The number of ether oxygens (including phenoxy) is 1. The maximum Gasteiger partial charge on any atom is 0.307 e. The highest BCUT2D eigenvalue weighted by molar-refractivity contribution is 9.40. The van der Waals surface area contributed by atoms with E-state index in [4.69, 9.17) is 0 Å². The van der Waals surface area contributed by atoms with Crippen LogP contribution in [0.1, 0.15) is 13.3 Å². The molecule has 0 aliphatic heterocycles. The predicted molar refractivity (Wildman–Crippen MR) is 63.8 cm³/mol. The third-order valence-electron chi connectivity index (χ3n) is 1.18. The van der Waals surface area contributed by atoms with E-state index in [1.54, 1.807) is 6.92 Å². The van der Waals surface area contributed by atoms with E-state index >= 15 is 0 Å². The van der Waals surface area contributed by atoms with Crippen LogP contribution in [0.3, 0.4) is 0 Å². The molecule has 0 radical (unpaired) electrons. The molecule has 0 aliphatic rings. The normalized spacial score (nSPS) is 10.9. The fraction of sp³-hybridized carbons (Fsp3) is 0.714.